The van der Waals surface area contributed by atoms with Crippen molar-refractivity contribution in [2.75, 3.05) is 13.1 Å². The van der Waals surface area contributed by atoms with Crippen LogP contribution in [0.5, 0.6) is 0 Å². The third-order valence-electron chi connectivity index (χ3n) is 6.38. The molecule has 2 aromatic rings. The quantitative estimate of drug-likeness (QED) is 0.741. The Morgan fingerprint density at radius 2 is 2.03 bits per heavy atom. The summed E-state index contributed by atoms with van der Waals surface area (Å²) in [7, 11) is 0. The van der Waals surface area contributed by atoms with E-state index < -0.39 is 0 Å². The molecular formula is C23H32N6O3. The summed E-state index contributed by atoms with van der Waals surface area (Å²) in [5.74, 6) is 0.689. The van der Waals surface area contributed by atoms with Crippen molar-refractivity contribution < 1.29 is 9.59 Å². The third kappa shape index (κ3) is 4.76. The van der Waals surface area contributed by atoms with Crippen LogP contribution in [-0.4, -0.2) is 54.5 Å². The van der Waals surface area contributed by atoms with E-state index in [9.17, 15) is 14.4 Å². The molecule has 4 rings (SSSR count). The van der Waals surface area contributed by atoms with E-state index in [1.807, 2.05) is 31.0 Å². The zero-order valence-corrected chi connectivity index (χ0v) is 19.0. The molecule has 2 aliphatic rings. The number of piperidine rings is 1. The van der Waals surface area contributed by atoms with Crippen molar-refractivity contribution in [2.24, 2.45) is 0 Å². The van der Waals surface area contributed by atoms with Gasteiger partial charge in [0.1, 0.15) is 5.82 Å². The maximum Gasteiger partial charge on any atom is 0.254 e. The Kier molecular flexibility index (Phi) is 6.72. The van der Waals surface area contributed by atoms with E-state index in [4.69, 9.17) is 4.98 Å². The lowest BCUT2D eigenvalue weighted by Gasteiger charge is -2.36. The van der Waals surface area contributed by atoms with Crippen molar-refractivity contribution in [1.29, 1.82) is 0 Å². The molecule has 1 saturated heterocycles. The molecule has 1 unspecified atom stereocenters. The molecule has 1 atom stereocenters. The molecule has 0 saturated carbocycles. The summed E-state index contributed by atoms with van der Waals surface area (Å²) in [6, 6.07) is 1.68. The average molecular weight is 441 g/mol. The Balaban J connectivity index is 1.52. The summed E-state index contributed by atoms with van der Waals surface area (Å²) >= 11 is 0. The van der Waals surface area contributed by atoms with Crippen LogP contribution in [0.15, 0.2) is 17.1 Å². The maximum atomic E-state index is 13.1. The number of aromatic nitrogens is 4. The molecule has 1 fully saturated rings. The number of nitrogens with one attached hydrogen (secondary N) is 1. The number of hydrogen-bond acceptors (Lipinski definition) is 5. The first-order valence-corrected chi connectivity index (χ1v) is 11.7. The number of likely N-dealkylation sites (tertiary alicyclic amines) is 1. The minimum atomic E-state index is -0.240. The average Bonchev–Trinajstić information content (AvgIpc) is 3.22. The number of aryl methyl sites for hydroxylation is 2. The summed E-state index contributed by atoms with van der Waals surface area (Å²) in [6.07, 6.45) is 6.75. The molecule has 0 aromatic carbocycles. The summed E-state index contributed by atoms with van der Waals surface area (Å²) in [6.45, 7) is 6.01. The molecule has 9 heteroatoms. The van der Waals surface area contributed by atoms with Crippen LogP contribution >= 0.6 is 0 Å². The van der Waals surface area contributed by atoms with Crippen LogP contribution in [0, 0.1) is 6.92 Å². The highest BCUT2D eigenvalue weighted by atomic mass is 16.2. The number of nitrogens with zero attached hydrogens (tertiary/aromatic N) is 5. The van der Waals surface area contributed by atoms with Gasteiger partial charge in [0.15, 0.2) is 0 Å². The largest absolute Gasteiger partial charge is 0.336 e. The SMILES string of the molecule is CCCC(=O)N1CCc2c(nc(C3CCCCN3C(=O)CCn3ccc(C)n3)[nH]c2=O)C1. The Bertz CT molecular complexity index is 1040. The summed E-state index contributed by atoms with van der Waals surface area (Å²) in [5, 5.41) is 4.35. The van der Waals surface area contributed by atoms with E-state index >= 15 is 0 Å². The van der Waals surface area contributed by atoms with E-state index in [1.165, 1.54) is 0 Å². The van der Waals surface area contributed by atoms with Gasteiger partial charge in [0, 0.05) is 44.2 Å². The monoisotopic (exact) mass is 440 g/mol. The number of hydrogen-bond donors (Lipinski definition) is 1. The lowest BCUT2D eigenvalue weighted by Crippen LogP contribution is -2.42. The van der Waals surface area contributed by atoms with Crippen LogP contribution in [0.3, 0.4) is 0 Å². The van der Waals surface area contributed by atoms with Crippen LogP contribution in [-0.2, 0) is 29.1 Å². The van der Waals surface area contributed by atoms with E-state index in [0.29, 0.717) is 62.5 Å². The normalized spacial score (nSPS) is 18.5. The Hall–Kier alpha value is -2.97. The van der Waals surface area contributed by atoms with Gasteiger partial charge in [0.2, 0.25) is 11.8 Å². The number of fused-ring (bicyclic) bond motifs is 1. The van der Waals surface area contributed by atoms with Gasteiger partial charge in [-0.25, -0.2) is 4.98 Å². The summed E-state index contributed by atoms with van der Waals surface area (Å²) in [5.41, 5.74) is 2.12. The molecule has 0 bridgehead atoms. The van der Waals surface area contributed by atoms with Gasteiger partial charge in [0.05, 0.1) is 24.0 Å². The molecule has 0 aliphatic carbocycles. The maximum absolute atomic E-state index is 13.1. The van der Waals surface area contributed by atoms with Crippen molar-refractivity contribution in [3.05, 3.63) is 45.4 Å². The van der Waals surface area contributed by atoms with Crippen molar-refractivity contribution in [1.82, 2.24) is 29.5 Å². The van der Waals surface area contributed by atoms with Gasteiger partial charge in [-0.2, -0.15) is 5.10 Å². The van der Waals surface area contributed by atoms with Crippen molar-refractivity contribution >= 4 is 11.8 Å². The lowest BCUT2D eigenvalue weighted by molar-refractivity contribution is -0.135. The van der Waals surface area contributed by atoms with Crippen molar-refractivity contribution in [3.63, 3.8) is 0 Å². The number of H-pyrrole nitrogens is 1. The van der Waals surface area contributed by atoms with E-state index in [0.717, 1.165) is 31.4 Å². The van der Waals surface area contributed by atoms with Crippen molar-refractivity contribution in [3.8, 4) is 0 Å². The van der Waals surface area contributed by atoms with Gasteiger partial charge in [-0.1, -0.05) is 6.92 Å². The molecular weight excluding hydrogens is 408 g/mol. The van der Waals surface area contributed by atoms with E-state index in [1.54, 1.807) is 9.58 Å². The Morgan fingerprint density at radius 3 is 2.78 bits per heavy atom. The highest BCUT2D eigenvalue weighted by Gasteiger charge is 2.31. The topological polar surface area (TPSA) is 104 Å². The first kappa shape index (κ1) is 22.2. The standard InChI is InChI=1S/C23H32N6O3/c1-3-6-20(30)27-12-9-17-18(15-27)24-22(25-23(17)32)19-7-4-5-11-29(19)21(31)10-14-28-13-8-16(2)26-28/h8,13,19H,3-7,9-12,14-15H2,1-2H3,(H,24,25,32). The number of carbonyl (C=O) groups excluding carboxylic acids is 2. The number of aromatic amines is 1. The highest BCUT2D eigenvalue weighted by molar-refractivity contribution is 5.77. The minimum absolute atomic E-state index is 0.0444. The van der Waals surface area contributed by atoms with E-state index in [-0.39, 0.29) is 23.4 Å². The number of rotatable bonds is 6. The van der Waals surface area contributed by atoms with Crippen LogP contribution in [0.2, 0.25) is 0 Å². The predicted octanol–water partition coefficient (Wildman–Crippen LogP) is 2.10. The molecule has 1 N–H and O–H groups in total. The first-order valence-electron chi connectivity index (χ1n) is 11.7. The van der Waals surface area contributed by atoms with E-state index in [2.05, 4.69) is 10.1 Å². The van der Waals surface area contributed by atoms with Gasteiger partial charge in [-0.05, 0) is 45.1 Å². The lowest BCUT2D eigenvalue weighted by atomic mass is 9.99. The zero-order chi connectivity index (χ0) is 22.7. The Labute approximate surface area is 187 Å². The molecule has 32 heavy (non-hydrogen) atoms. The van der Waals surface area contributed by atoms with Gasteiger partial charge in [0.25, 0.3) is 5.56 Å². The molecule has 172 valence electrons. The van der Waals surface area contributed by atoms with Gasteiger partial charge in [-0.15, -0.1) is 0 Å². The molecule has 2 aliphatic heterocycles. The fraction of sp³-hybridized carbons (Fsp3) is 0.609. The number of carbonyl (C=O) groups is 2. The molecule has 4 heterocycles. The summed E-state index contributed by atoms with van der Waals surface area (Å²) in [4.78, 5) is 49.6. The van der Waals surface area contributed by atoms with Gasteiger partial charge < -0.3 is 14.8 Å². The Morgan fingerprint density at radius 1 is 1.19 bits per heavy atom. The fourth-order valence-electron chi connectivity index (χ4n) is 4.66. The van der Waals surface area contributed by atoms with Crippen LogP contribution in [0.25, 0.3) is 0 Å². The predicted molar refractivity (Wildman–Crippen MR) is 119 cm³/mol. The molecule has 2 aromatic heterocycles. The van der Waals surface area contributed by atoms with Gasteiger partial charge >= 0.3 is 0 Å². The molecule has 2 amide bonds. The van der Waals surface area contributed by atoms with Crippen LogP contribution in [0.1, 0.15) is 74.3 Å². The van der Waals surface area contributed by atoms with Crippen molar-refractivity contribution in [2.45, 2.75) is 77.9 Å². The highest BCUT2D eigenvalue weighted by Crippen LogP contribution is 2.30. The third-order valence-corrected chi connectivity index (χ3v) is 6.38. The second-order valence-electron chi connectivity index (χ2n) is 8.76. The van der Waals surface area contributed by atoms with Crippen LogP contribution < -0.4 is 5.56 Å². The summed E-state index contributed by atoms with van der Waals surface area (Å²) < 4.78 is 1.78. The molecule has 0 spiro atoms. The number of amides is 2. The second-order valence-corrected chi connectivity index (χ2v) is 8.76. The zero-order valence-electron chi connectivity index (χ0n) is 19.0. The van der Waals surface area contributed by atoms with Gasteiger partial charge in [-0.3, -0.25) is 19.1 Å². The minimum Gasteiger partial charge on any atom is -0.336 e. The second kappa shape index (κ2) is 9.67. The smallest absolute Gasteiger partial charge is 0.254 e. The molecule has 0 radical (unpaired) electrons. The first-order chi connectivity index (χ1) is 15.5. The molecule has 9 nitrogen and oxygen atoms in total. The fourth-order valence-corrected chi connectivity index (χ4v) is 4.66. The van der Waals surface area contributed by atoms with Crippen LogP contribution in [0.4, 0.5) is 0 Å².